The van der Waals surface area contributed by atoms with Crippen LogP contribution >= 0.6 is 0 Å². The van der Waals surface area contributed by atoms with Crippen molar-refractivity contribution in [3.05, 3.63) is 41.3 Å². The van der Waals surface area contributed by atoms with Crippen molar-refractivity contribution < 1.29 is 4.39 Å². The van der Waals surface area contributed by atoms with Crippen LogP contribution < -0.4 is 0 Å². The summed E-state index contributed by atoms with van der Waals surface area (Å²) in [5.74, 6) is -0.234. The predicted molar refractivity (Wildman–Crippen MR) is 53.5 cm³/mol. The molecule has 72 valence electrons. The van der Waals surface area contributed by atoms with E-state index in [1.165, 1.54) is 6.07 Å². The largest absolute Gasteiger partial charge is 0.282 e. The van der Waals surface area contributed by atoms with Crippen LogP contribution in [-0.4, -0.2) is 10.2 Å². The second-order valence-electron chi connectivity index (χ2n) is 3.30. The lowest BCUT2D eigenvalue weighted by atomic mass is 10.1. The first-order valence-electron chi connectivity index (χ1n) is 4.46. The number of benzene rings is 1. The number of aromatic nitrogens is 2. The number of aryl methyl sites for hydroxylation is 1. The topological polar surface area (TPSA) is 28.7 Å². The number of H-pyrrole nitrogens is 1. The van der Waals surface area contributed by atoms with E-state index in [1.807, 2.05) is 19.9 Å². The molecule has 1 N–H and O–H groups in total. The summed E-state index contributed by atoms with van der Waals surface area (Å²) in [6.07, 6.45) is 0. The number of hydrogen-bond donors (Lipinski definition) is 1. The third-order valence-corrected chi connectivity index (χ3v) is 2.38. The molecular weight excluding hydrogens is 179 g/mol. The molecule has 0 aliphatic carbocycles. The van der Waals surface area contributed by atoms with Gasteiger partial charge in [0.2, 0.25) is 0 Å². The van der Waals surface area contributed by atoms with Crippen LogP contribution in [0.1, 0.15) is 11.3 Å². The molecule has 0 spiro atoms. The molecule has 14 heavy (non-hydrogen) atoms. The van der Waals surface area contributed by atoms with Crippen molar-refractivity contribution in [2.75, 3.05) is 0 Å². The third kappa shape index (κ3) is 1.31. The third-order valence-electron chi connectivity index (χ3n) is 2.38. The molecule has 0 saturated carbocycles. The Balaban J connectivity index is 2.60. The first-order chi connectivity index (χ1) is 6.70. The van der Waals surface area contributed by atoms with E-state index in [0.29, 0.717) is 11.3 Å². The number of aromatic amines is 1. The van der Waals surface area contributed by atoms with Crippen LogP contribution in [0.3, 0.4) is 0 Å². The maximum atomic E-state index is 13.4. The van der Waals surface area contributed by atoms with Crippen LogP contribution in [0.4, 0.5) is 4.39 Å². The molecule has 2 rings (SSSR count). The standard InChI is InChI=1S/C11H11FN2/c1-7-8(2)13-14-11(7)9-5-3-4-6-10(9)12/h3-6H,1-2H3,(H,13,14). The molecule has 2 nitrogen and oxygen atoms in total. The Bertz CT molecular complexity index is 460. The maximum absolute atomic E-state index is 13.4. The minimum Gasteiger partial charge on any atom is -0.282 e. The normalized spacial score (nSPS) is 10.5. The molecule has 0 unspecified atom stereocenters. The molecule has 0 bridgehead atoms. The molecule has 0 saturated heterocycles. The Labute approximate surface area is 81.8 Å². The van der Waals surface area contributed by atoms with Crippen molar-refractivity contribution in [1.29, 1.82) is 0 Å². The van der Waals surface area contributed by atoms with Crippen LogP contribution in [-0.2, 0) is 0 Å². The highest BCUT2D eigenvalue weighted by molar-refractivity contribution is 5.63. The van der Waals surface area contributed by atoms with Gasteiger partial charge in [0.1, 0.15) is 5.82 Å². The Morgan fingerprint density at radius 3 is 2.50 bits per heavy atom. The van der Waals surface area contributed by atoms with E-state index in [4.69, 9.17) is 0 Å². The van der Waals surface area contributed by atoms with Gasteiger partial charge in [0.15, 0.2) is 0 Å². The van der Waals surface area contributed by atoms with Gasteiger partial charge < -0.3 is 0 Å². The van der Waals surface area contributed by atoms with Gasteiger partial charge in [-0.3, -0.25) is 5.10 Å². The lowest BCUT2D eigenvalue weighted by Gasteiger charge is -1.99. The fourth-order valence-electron chi connectivity index (χ4n) is 1.40. The Hall–Kier alpha value is -1.64. The predicted octanol–water partition coefficient (Wildman–Crippen LogP) is 2.83. The molecule has 0 fully saturated rings. The van der Waals surface area contributed by atoms with E-state index in [2.05, 4.69) is 10.2 Å². The Morgan fingerprint density at radius 2 is 1.93 bits per heavy atom. The molecule has 1 heterocycles. The summed E-state index contributed by atoms with van der Waals surface area (Å²) < 4.78 is 13.4. The van der Waals surface area contributed by atoms with Crippen LogP contribution in [0.25, 0.3) is 11.3 Å². The summed E-state index contributed by atoms with van der Waals surface area (Å²) in [6, 6.07) is 6.66. The molecule has 0 aliphatic rings. The van der Waals surface area contributed by atoms with Crippen molar-refractivity contribution in [2.45, 2.75) is 13.8 Å². The lowest BCUT2D eigenvalue weighted by Crippen LogP contribution is -1.85. The zero-order valence-corrected chi connectivity index (χ0v) is 8.13. The Morgan fingerprint density at radius 1 is 1.21 bits per heavy atom. The SMILES string of the molecule is Cc1[nH]nc(-c2ccccc2F)c1C. The van der Waals surface area contributed by atoms with E-state index in [1.54, 1.807) is 12.1 Å². The van der Waals surface area contributed by atoms with Crippen LogP contribution in [0, 0.1) is 19.7 Å². The van der Waals surface area contributed by atoms with Gasteiger partial charge >= 0.3 is 0 Å². The van der Waals surface area contributed by atoms with E-state index in [0.717, 1.165) is 11.3 Å². The molecule has 1 aromatic carbocycles. The molecule has 0 atom stereocenters. The van der Waals surface area contributed by atoms with Crippen molar-refractivity contribution in [1.82, 2.24) is 10.2 Å². The molecule has 0 radical (unpaired) electrons. The number of rotatable bonds is 1. The molecule has 0 aliphatic heterocycles. The highest BCUT2D eigenvalue weighted by Gasteiger charge is 2.11. The zero-order chi connectivity index (χ0) is 10.1. The maximum Gasteiger partial charge on any atom is 0.132 e. The quantitative estimate of drug-likeness (QED) is 0.736. The van der Waals surface area contributed by atoms with E-state index < -0.39 is 0 Å². The van der Waals surface area contributed by atoms with Gasteiger partial charge in [-0.15, -0.1) is 0 Å². The van der Waals surface area contributed by atoms with Crippen molar-refractivity contribution in [3.8, 4) is 11.3 Å². The number of hydrogen-bond acceptors (Lipinski definition) is 1. The summed E-state index contributed by atoms with van der Waals surface area (Å²) in [5.41, 5.74) is 3.22. The lowest BCUT2D eigenvalue weighted by molar-refractivity contribution is 0.630. The fraction of sp³-hybridized carbons (Fsp3) is 0.182. The minimum atomic E-state index is -0.234. The summed E-state index contributed by atoms with van der Waals surface area (Å²) in [5, 5.41) is 6.93. The van der Waals surface area contributed by atoms with Gasteiger partial charge in [-0.25, -0.2) is 4.39 Å². The fourth-order valence-corrected chi connectivity index (χ4v) is 1.40. The summed E-state index contributed by atoms with van der Waals surface area (Å²) in [4.78, 5) is 0. The van der Waals surface area contributed by atoms with Gasteiger partial charge in [-0.05, 0) is 31.5 Å². The highest BCUT2D eigenvalue weighted by Crippen LogP contribution is 2.24. The molecular formula is C11H11FN2. The average Bonchev–Trinajstić information content (AvgIpc) is 2.49. The second kappa shape index (κ2) is 3.25. The monoisotopic (exact) mass is 190 g/mol. The van der Waals surface area contributed by atoms with E-state index in [9.17, 15) is 4.39 Å². The van der Waals surface area contributed by atoms with Gasteiger partial charge in [0.05, 0.1) is 5.69 Å². The van der Waals surface area contributed by atoms with Gasteiger partial charge in [-0.2, -0.15) is 5.10 Å². The van der Waals surface area contributed by atoms with Gasteiger partial charge in [-0.1, -0.05) is 12.1 Å². The Kier molecular flexibility index (Phi) is 2.08. The molecule has 1 aromatic heterocycles. The van der Waals surface area contributed by atoms with Crippen molar-refractivity contribution in [2.24, 2.45) is 0 Å². The second-order valence-corrected chi connectivity index (χ2v) is 3.30. The number of halogens is 1. The average molecular weight is 190 g/mol. The first-order valence-corrected chi connectivity index (χ1v) is 4.46. The molecule has 2 aromatic rings. The van der Waals surface area contributed by atoms with E-state index in [-0.39, 0.29) is 5.82 Å². The van der Waals surface area contributed by atoms with Gasteiger partial charge in [0.25, 0.3) is 0 Å². The van der Waals surface area contributed by atoms with Crippen LogP contribution in [0.2, 0.25) is 0 Å². The summed E-state index contributed by atoms with van der Waals surface area (Å²) >= 11 is 0. The summed E-state index contributed by atoms with van der Waals surface area (Å²) in [6.45, 7) is 3.85. The van der Waals surface area contributed by atoms with Crippen LogP contribution in [0.5, 0.6) is 0 Å². The van der Waals surface area contributed by atoms with Crippen molar-refractivity contribution in [3.63, 3.8) is 0 Å². The number of nitrogens with one attached hydrogen (secondary N) is 1. The van der Waals surface area contributed by atoms with Crippen molar-refractivity contribution >= 4 is 0 Å². The highest BCUT2D eigenvalue weighted by atomic mass is 19.1. The smallest absolute Gasteiger partial charge is 0.132 e. The zero-order valence-electron chi connectivity index (χ0n) is 8.13. The molecule has 0 amide bonds. The summed E-state index contributed by atoms with van der Waals surface area (Å²) in [7, 11) is 0. The first kappa shape index (κ1) is 8.94. The molecule has 3 heteroatoms. The number of nitrogens with zero attached hydrogens (tertiary/aromatic N) is 1. The van der Waals surface area contributed by atoms with Gasteiger partial charge in [0, 0.05) is 11.3 Å². The van der Waals surface area contributed by atoms with Crippen LogP contribution in [0.15, 0.2) is 24.3 Å². The minimum absolute atomic E-state index is 0.234. The van der Waals surface area contributed by atoms with E-state index >= 15 is 0 Å².